The van der Waals surface area contributed by atoms with Crippen molar-refractivity contribution in [1.29, 1.82) is 0 Å². The molecular formula is C13H21N2. The smallest absolute Gasteiger partial charge is 0.0233 e. The van der Waals surface area contributed by atoms with Crippen LogP contribution in [0, 0.1) is 12.8 Å². The van der Waals surface area contributed by atoms with E-state index in [4.69, 9.17) is 0 Å². The third-order valence-electron chi connectivity index (χ3n) is 2.96. The second-order valence-electron chi connectivity index (χ2n) is 4.21. The van der Waals surface area contributed by atoms with Gasteiger partial charge in [0.25, 0.3) is 0 Å². The van der Waals surface area contributed by atoms with E-state index in [9.17, 15) is 0 Å². The van der Waals surface area contributed by atoms with Gasteiger partial charge in [0.05, 0.1) is 0 Å². The lowest BCUT2D eigenvalue weighted by Gasteiger charge is -2.30. The Labute approximate surface area is 92.9 Å². The molecule has 1 radical (unpaired) electrons. The molecule has 0 amide bonds. The van der Waals surface area contributed by atoms with Gasteiger partial charge in [-0.05, 0) is 37.4 Å². The summed E-state index contributed by atoms with van der Waals surface area (Å²) in [5, 5.41) is 0. The van der Waals surface area contributed by atoms with Gasteiger partial charge in [-0.2, -0.15) is 0 Å². The molecule has 1 saturated heterocycles. The molecular weight excluding hydrogens is 184 g/mol. The Bertz CT molecular complexity index is 263. The number of nitrogens with zero attached hydrogens (tertiary/aromatic N) is 1. The number of likely N-dealkylation sites (tertiary alicyclic amines) is 1. The largest absolute Gasteiger partial charge is 0.344 e. The van der Waals surface area contributed by atoms with E-state index in [0.717, 1.165) is 6.54 Å². The zero-order chi connectivity index (χ0) is 9.80. The average molecular weight is 205 g/mol. The van der Waals surface area contributed by atoms with Crippen molar-refractivity contribution < 1.29 is 0 Å². The summed E-state index contributed by atoms with van der Waals surface area (Å²) < 4.78 is 0. The molecule has 0 aliphatic carbocycles. The number of piperidine rings is 1. The summed E-state index contributed by atoms with van der Waals surface area (Å²) in [6, 6.07) is 10.7. The first-order chi connectivity index (χ1) is 6.84. The van der Waals surface area contributed by atoms with Gasteiger partial charge in [-0.3, -0.25) is 4.90 Å². The van der Waals surface area contributed by atoms with Crippen LogP contribution in [0.2, 0.25) is 0 Å². The average Bonchev–Trinajstić information content (AvgIpc) is 2.23. The molecule has 83 valence electrons. The van der Waals surface area contributed by atoms with Crippen LogP contribution in [0.15, 0.2) is 30.3 Å². The summed E-state index contributed by atoms with van der Waals surface area (Å²) >= 11 is 0. The van der Waals surface area contributed by atoms with E-state index < -0.39 is 0 Å². The van der Waals surface area contributed by atoms with Crippen molar-refractivity contribution in [3.8, 4) is 0 Å². The van der Waals surface area contributed by atoms with Gasteiger partial charge in [0.1, 0.15) is 0 Å². The minimum Gasteiger partial charge on any atom is -0.344 e. The van der Waals surface area contributed by atoms with Gasteiger partial charge in [0.15, 0.2) is 0 Å². The van der Waals surface area contributed by atoms with Gasteiger partial charge >= 0.3 is 0 Å². The Morgan fingerprint density at radius 1 is 1.13 bits per heavy atom. The van der Waals surface area contributed by atoms with Crippen LogP contribution in [0.4, 0.5) is 0 Å². The molecule has 0 atom stereocenters. The highest BCUT2D eigenvalue weighted by molar-refractivity contribution is 5.14. The lowest BCUT2D eigenvalue weighted by Crippen LogP contribution is -2.32. The molecule has 1 aliphatic heterocycles. The molecule has 15 heavy (non-hydrogen) atoms. The van der Waals surface area contributed by atoms with Gasteiger partial charge in [0, 0.05) is 6.54 Å². The molecule has 2 rings (SSSR count). The lowest BCUT2D eigenvalue weighted by atomic mass is 9.99. The first-order valence-corrected chi connectivity index (χ1v) is 5.44. The molecule has 0 spiro atoms. The van der Waals surface area contributed by atoms with Gasteiger partial charge < -0.3 is 6.15 Å². The molecule has 1 aromatic rings. The fraction of sp³-hybridized carbons (Fsp3) is 0.462. The zero-order valence-electron chi connectivity index (χ0n) is 9.36. The van der Waals surface area contributed by atoms with E-state index in [-0.39, 0.29) is 6.15 Å². The SMILES string of the molecule is N.[CH2]C1CCN(Cc2ccccc2)CC1. The van der Waals surface area contributed by atoms with Crippen molar-refractivity contribution in [3.63, 3.8) is 0 Å². The fourth-order valence-electron chi connectivity index (χ4n) is 1.99. The van der Waals surface area contributed by atoms with Crippen LogP contribution < -0.4 is 6.15 Å². The number of rotatable bonds is 2. The topological polar surface area (TPSA) is 38.2 Å². The first kappa shape index (κ1) is 12.2. The van der Waals surface area contributed by atoms with Crippen LogP contribution in [0.1, 0.15) is 18.4 Å². The molecule has 1 heterocycles. The summed E-state index contributed by atoms with van der Waals surface area (Å²) in [5.74, 6) is 0.682. The summed E-state index contributed by atoms with van der Waals surface area (Å²) in [6.07, 6.45) is 2.51. The van der Waals surface area contributed by atoms with E-state index in [2.05, 4.69) is 42.2 Å². The van der Waals surface area contributed by atoms with Crippen molar-refractivity contribution in [2.45, 2.75) is 19.4 Å². The van der Waals surface area contributed by atoms with Crippen LogP contribution >= 0.6 is 0 Å². The Morgan fingerprint density at radius 2 is 1.73 bits per heavy atom. The fourth-order valence-corrected chi connectivity index (χ4v) is 1.99. The molecule has 1 aromatic carbocycles. The monoisotopic (exact) mass is 205 g/mol. The third-order valence-corrected chi connectivity index (χ3v) is 2.96. The van der Waals surface area contributed by atoms with Crippen molar-refractivity contribution >= 4 is 0 Å². The number of benzene rings is 1. The molecule has 0 bridgehead atoms. The Balaban J connectivity index is 0.00000112. The Morgan fingerprint density at radius 3 is 2.33 bits per heavy atom. The Hall–Kier alpha value is -0.860. The van der Waals surface area contributed by atoms with Crippen LogP contribution in [-0.2, 0) is 6.54 Å². The van der Waals surface area contributed by atoms with Gasteiger partial charge in [-0.1, -0.05) is 37.3 Å². The minimum atomic E-state index is 0. The molecule has 1 fully saturated rings. The highest BCUT2D eigenvalue weighted by Gasteiger charge is 2.15. The predicted octanol–water partition coefficient (Wildman–Crippen LogP) is 2.89. The maximum Gasteiger partial charge on any atom is 0.0233 e. The van der Waals surface area contributed by atoms with Crippen LogP contribution in [0.5, 0.6) is 0 Å². The van der Waals surface area contributed by atoms with E-state index in [1.165, 1.54) is 31.5 Å². The maximum absolute atomic E-state index is 4.11. The van der Waals surface area contributed by atoms with Crippen molar-refractivity contribution in [2.75, 3.05) is 13.1 Å². The summed E-state index contributed by atoms with van der Waals surface area (Å²) in [6.45, 7) is 7.64. The lowest BCUT2D eigenvalue weighted by molar-refractivity contribution is 0.195. The maximum atomic E-state index is 4.11. The highest BCUT2D eigenvalue weighted by Crippen LogP contribution is 2.17. The molecule has 2 heteroatoms. The normalized spacial score (nSPS) is 18.5. The number of hydrogen-bond donors (Lipinski definition) is 1. The molecule has 2 nitrogen and oxygen atoms in total. The number of hydrogen-bond acceptors (Lipinski definition) is 2. The van der Waals surface area contributed by atoms with E-state index in [0.29, 0.717) is 5.92 Å². The van der Waals surface area contributed by atoms with Crippen molar-refractivity contribution in [3.05, 3.63) is 42.8 Å². The van der Waals surface area contributed by atoms with Crippen molar-refractivity contribution in [1.82, 2.24) is 11.1 Å². The van der Waals surface area contributed by atoms with Gasteiger partial charge in [0.2, 0.25) is 0 Å². The molecule has 1 aliphatic rings. The third kappa shape index (κ3) is 3.65. The molecule has 3 N–H and O–H groups in total. The molecule has 0 unspecified atom stereocenters. The second kappa shape index (κ2) is 5.89. The minimum absolute atomic E-state index is 0. The van der Waals surface area contributed by atoms with Crippen molar-refractivity contribution in [2.24, 2.45) is 5.92 Å². The quantitative estimate of drug-likeness (QED) is 0.806. The van der Waals surface area contributed by atoms with E-state index in [1.807, 2.05) is 0 Å². The zero-order valence-corrected chi connectivity index (χ0v) is 9.36. The predicted molar refractivity (Wildman–Crippen MR) is 64.8 cm³/mol. The van der Waals surface area contributed by atoms with Crippen LogP contribution in [-0.4, -0.2) is 18.0 Å². The van der Waals surface area contributed by atoms with Crippen LogP contribution in [0.3, 0.4) is 0 Å². The van der Waals surface area contributed by atoms with Gasteiger partial charge in [-0.25, -0.2) is 0 Å². The molecule has 0 saturated carbocycles. The first-order valence-electron chi connectivity index (χ1n) is 5.44. The standard InChI is InChI=1S/C13H18N.H3N/c1-12-7-9-14(10-8-12)11-13-5-3-2-4-6-13;/h2-6,12H,1,7-11H2;1H3. The summed E-state index contributed by atoms with van der Waals surface area (Å²) in [4.78, 5) is 2.52. The van der Waals surface area contributed by atoms with Gasteiger partial charge in [-0.15, -0.1) is 0 Å². The summed E-state index contributed by atoms with van der Waals surface area (Å²) in [5.41, 5.74) is 1.43. The van der Waals surface area contributed by atoms with Crippen LogP contribution in [0.25, 0.3) is 0 Å². The molecule has 0 aromatic heterocycles. The van der Waals surface area contributed by atoms with E-state index >= 15 is 0 Å². The highest BCUT2D eigenvalue weighted by atomic mass is 15.1. The second-order valence-corrected chi connectivity index (χ2v) is 4.21. The van der Waals surface area contributed by atoms with E-state index in [1.54, 1.807) is 0 Å². The Kier molecular flexibility index (Phi) is 4.79. The summed E-state index contributed by atoms with van der Waals surface area (Å²) in [7, 11) is 0.